The van der Waals surface area contributed by atoms with Crippen molar-refractivity contribution < 1.29 is 14.4 Å². The van der Waals surface area contributed by atoms with E-state index in [1.807, 2.05) is 36.4 Å². The van der Waals surface area contributed by atoms with Gasteiger partial charge in [-0.15, -0.1) is 0 Å². The lowest BCUT2D eigenvalue weighted by Gasteiger charge is -2.34. The van der Waals surface area contributed by atoms with Gasteiger partial charge in [-0.1, -0.05) is 48.5 Å². The van der Waals surface area contributed by atoms with Crippen molar-refractivity contribution in [2.75, 3.05) is 26.2 Å². The van der Waals surface area contributed by atoms with E-state index >= 15 is 0 Å². The van der Waals surface area contributed by atoms with Crippen molar-refractivity contribution in [3.05, 3.63) is 71.8 Å². The number of hydrogen-bond acceptors (Lipinski definition) is 4. The highest BCUT2D eigenvalue weighted by molar-refractivity contribution is 6.35. The second-order valence-electron chi connectivity index (χ2n) is 8.96. The molecule has 2 aliphatic heterocycles. The third-order valence-electron chi connectivity index (χ3n) is 6.36. The van der Waals surface area contributed by atoms with Crippen molar-refractivity contribution >= 4 is 17.7 Å². The lowest BCUT2D eigenvalue weighted by molar-refractivity contribution is -0.140. The largest absolute Gasteiger partial charge is 0.344 e. The maximum Gasteiger partial charge on any atom is 0.309 e. The first-order valence-electron chi connectivity index (χ1n) is 11.8. The molecule has 2 aromatic rings. The van der Waals surface area contributed by atoms with E-state index in [1.54, 1.807) is 17.0 Å². The fraction of sp³-hybridized carbons (Fsp3) is 0.423. The van der Waals surface area contributed by atoms with Gasteiger partial charge in [0.25, 0.3) is 5.91 Å². The number of likely N-dealkylation sites (tertiary alicyclic amines) is 2. The van der Waals surface area contributed by atoms with Crippen LogP contribution in [0.5, 0.6) is 0 Å². The maximum absolute atomic E-state index is 12.7. The van der Waals surface area contributed by atoms with Gasteiger partial charge in [0, 0.05) is 43.8 Å². The number of hydrogen-bond donors (Lipinski definition) is 2. The molecular weight excluding hydrogens is 416 g/mol. The Hall–Kier alpha value is -3.19. The highest BCUT2D eigenvalue weighted by Gasteiger charge is 2.29. The van der Waals surface area contributed by atoms with Crippen LogP contribution in [-0.2, 0) is 16.1 Å². The molecule has 0 spiro atoms. The molecular formula is C26H32N4O3. The molecule has 7 heteroatoms. The third kappa shape index (κ3) is 6.42. The monoisotopic (exact) mass is 448 g/mol. The molecule has 2 atom stereocenters. The smallest absolute Gasteiger partial charge is 0.309 e. The van der Waals surface area contributed by atoms with Gasteiger partial charge in [-0.05, 0) is 49.9 Å². The molecule has 0 bridgehead atoms. The normalized spacial score (nSPS) is 21.3. The molecule has 0 radical (unpaired) electrons. The number of nitrogens with zero attached hydrogens (tertiary/aromatic N) is 2. The third-order valence-corrected chi connectivity index (χ3v) is 6.36. The van der Waals surface area contributed by atoms with Crippen molar-refractivity contribution in [3.63, 3.8) is 0 Å². The quantitative estimate of drug-likeness (QED) is 0.687. The average Bonchev–Trinajstić information content (AvgIpc) is 2.85. The molecule has 2 heterocycles. The minimum atomic E-state index is -0.616. The number of piperidine rings is 2. The van der Waals surface area contributed by atoms with Crippen LogP contribution >= 0.6 is 0 Å². The van der Waals surface area contributed by atoms with E-state index in [4.69, 9.17) is 0 Å². The van der Waals surface area contributed by atoms with Gasteiger partial charge in [0.1, 0.15) is 0 Å². The highest BCUT2D eigenvalue weighted by atomic mass is 16.2. The predicted molar refractivity (Wildman–Crippen MR) is 126 cm³/mol. The molecule has 2 aliphatic rings. The molecule has 0 saturated carbocycles. The second kappa shape index (κ2) is 11.1. The molecule has 2 unspecified atom stereocenters. The van der Waals surface area contributed by atoms with E-state index in [-0.39, 0.29) is 18.0 Å². The molecule has 2 fully saturated rings. The lowest BCUT2D eigenvalue weighted by Crippen LogP contribution is -2.55. The van der Waals surface area contributed by atoms with Crippen LogP contribution in [0.1, 0.15) is 41.6 Å². The van der Waals surface area contributed by atoms with Crippen molar-refractivity contribution in [2.45, 2.75) is 44.3 Å². The Labute approximate surface area is 195 Å². The summed E-state index contributed by atoms with van der Waals surface area (Å²) in [7, 11) is 0. The van der Waals surface area contributed by atoms with Crippen LogP contribution in [-0.4, -0.2) is 65.8 Å². The number of nitrogens with one attached hydrogen (secondary N) is 2. The summed E-state index contributed by atoms with van der Waals surface area (Å²) in [5, 5.41) is 5.75. The second-order valence-corrected chi connectivity index (χ2v) is 8.96. The fourth-order valence-electron chi connectivity index (χ4n) is 4.70. The van der Waals surface area contributed by atoms with Gasteiger partial charge in [-0.25, -0.2) is 0 Å². The van der Waals surface area contributed by atoms with Crippen molar-refractivity contribution in [1.82, 2.24) is 20.4 Å². The van der Waals surface area contributed by atoms with Gasteiger partial charge < -0.3 is 15.5 Å². The molecule has 2 N–H and O–H groups in total. The van der Waals surface area contributed by atoms with E-state index < -0.39 is 11.8 Å². The molecule has 2 saturated heterocycles. The Morgan fingerprint density at radius 1 is 0.758 bits per heavy atom. The van der Waals surface area contributed by atoms with Gasteiger partial charge in [-0.2, -0.15) is 0 Å². The van der Waals surface area contributed by atoms with Gasteiger partial charge in [-0.3, -0.25) is 19.3 Å². The number of amides is 3. The van der Waals surface area contributed by atoms with Crippen molar-refractivity contribution in [1.29, 1.82) is 0 Å². The molecule has 0 aromatic heterocycles. The first kappa shape index (κ1) is 23.0. The van der Waals surface area contributed by atoms with Crippen molar-refractivity contribution in [3.8, 4) is 0 Å². The summed E-state index contributed by atoms with van der Waals surface area (Å²) in [6.45, 7) is 3.64. The Morgan fingerprint density at radius 2 is 1.33 bits per heavy atom. The molecule has 0 aliphatic carbocycles. The van der Waals surface area contributed by atoms with E-state index in [1.165, 1.54) is 5.56 Å². The zero-order chi connectivity index (χ0) is 23.0. The fourth-order valence-corrected chi connectivity index (χ4v) is 4.70. The summed E-state index contributed by atoms with van der Waals surface area (Å²) >= 11 is 0. The van der Waals surface area contributed by atoms with E-state index in [2.05, 4.69) is 27.7 Å². The van der Waals surface area contributed by atoms with Crippen molar-refractivity contribution in [2.24, 2.45) is 0 Å². The number of benzene rings is 2. The van der Waals surface area contributed by atoms with E-state index in [0.717, 1.165) is 45.3 Å². The maximum atomic E-state index is 12.7. The van der Waals surface area contributed by atoms with Gasteiger partial charge >= 0.3 is 11.8 Å². The van der Waals surface area contributed by atoms with Crippen LogP contribution in [0.15, 0.2) is 60.7 Å². The number of carbonyl (C=O) groups excluding carboxylic acids is 3. The standard InChI is InChI=1S/C26H32N4O3/c31-24(27-22-13-7-15-29(18-22)17-20-9-3-1-4-10-20)25(32)28-23-14-8-16-30(19-23)26(33)21-11-5-2-6-12-21/h1-6,9-12,22-23H,7-8,13-19H2,(H,27,31)(H,28,32). The van der Waals surface area contributed by atoms with Gasteiger partial charge in [0.05, 0.1) is 0 Å². The minimum absolute atomic E-state index is 0.0387. The molecule has 33 heavy (non-hydrogen) atoms. The van der Waals surface area contributed by atoms with Gasteiger partial charge in [0.15, 0.2) is 0 Å². The minimum Gasteiger partial charge on any atom is -0.344 e. The topological polar surface area (TPSA) is 81.8 Å². The lowest BCUT2D eigenvalue weighted by atomic mass is 10.0. The van der Waals surface area contributed by atoms with Gasteiger partial charge in [0.2, 0.25) is 0 Å². The number of rotatable bonds is 5. The summed E-state index contributed by atoms with van der Waals surface area (Å²) in [5.41, 5.74) is 1.88. The Balaban J connectivity index is 1.25. The molecule has 4 rings (SSSR count). The SMILES string of the molecule is O=C(NC1CCCN(Cc2ccccc2)C1)C(=O)NC1CCCN(C(=O)c2ccccc2)C1. The Kier molecular flexibility index (Phi) is 7.73. The van der Waals surface area contributed by atoms with Crippen LogP contribution < -0.4 is 10.6 Å². The predicted octanol–water partition coefficient (Wildman–Crippen LogP) is 2.19. The van der Waals surface area contributed by atoms with Crippen LogP contribution in [0.4, 0.5) is 0 Å². The van der Waals surface area contributed by atoms with Crippen LogP contribution in [0, 0.1) is 0 Å². The van der Waals surface area contributed by atoms with Crippen LogP contribution in [0.2, 0.25) is 0 Å². The molecule has 174 valence electrons. The Bertz CT molecular complexity index is 951. The molecule has 7 nitrogen and oxygen atoms in total. The summed E-state index contributed by atoms with van der Waals surface area (Å²) in [4.78, 5) is 41.9. The van der Waals surface area contributed by atoms with Crippen LogP contribution in [0.25, 0.3) is 0 Å². The summed E-state index contributed by atoms with van der Waals surface area (Å²) in [6.07, 6.45) is 3.40. The van der Waals surface area contributed by atoms with Crippen LogP contribution in [0.3, 0.4) is 0 Å². The first-order valence-corrected chi connectivity index (χ1v) is 11.8. The summed E-state index contributed by atoms with van der Waals surface area (Å²) in [6, 6.07) is 19.2. The zero-order valence-corrected chi connectivity index (χ0v) is 18.9. The summed E-state index contributed by atoms with van der Waals surface area (Å²) in [5.74, 6) is -1.25. The van der Waals surface area contributed by atoms with E-state index in [9.17, 15) is 14.4 Å². The molecule has 3 amide bonds. The summed E-state index contributed by atoms with van der Waals surface area (Å²) < 4.78 is 0. The Morgan fingerprint density at radius 3 is 2.00 bits per heavy atom. The first-order chi connectivity index (χ1) is 16.1. The van der Waals surface area contributed by atoms with E-state index in [0.29, 0.717) is 18.7 Å². The average molecular weight is 449 g/mol. The highest BCUT2D eigenvalue weighted by Crippen LogP contribution is 2.15. The number of carbonyl (C=O) groups is 3. The molecule has 2 aromatic carbocycles. The zero-order valence-electron chi connectivity index (χ0n) is 18.9.